The lowest BCUT2D eigenvalue weighted by Gasteiger charge is -2.12. The van der Waals surface area contributed by atoms with E-state index >= 15 is 0 Å². The third-order valence-corrected chi connectivity index (χ3v) is 3.91. The van der Waals surface area contributed by atoms with Gasteiger partial charge in [-0.05, 0) is 27.7 Å². The summed E-state index contributed by atoms with van der Waals surface area (Å²) in [5.74, 6) is -2.47. The van der Waals surface area contributed by atoms with Crippen molar-refractivity contribution in [2.45, 2.75) is 50.0 Å². The minimum atomic E-state index is -3.23. The molecule has 1 N–H and O–H groups in total. The smallest absolute Gasteiger partial charge is 0.412 e. The summed E-state index contributed by atoms with van der Waals surface area (Å²) < 4.78 is 27.9. The fourth-order valence-electron chi connectivity index (χ4n) is 1.02. The van der Waals surface area contributed by atoms with Crippen LogP contribution < -0.4 is 0 Å². The van der Waals surface area contributed by atoms with E-state index in [0.717, 1.165) is 0 Å². The normalized spacial score (nSPS) is 9.09. The van der Waals surface area contributed by atoms with Gasteiger partial charge in [-0.25, -0.2) is 19.2 Å². The highest BCUT2D eigenvalue weighted by atomic mass is 31.2. The van der Waals surface area contributed by atoms with Gasteiger partial charge in [0.1, 0.15) is 6.66 Å². The van der Waals surface area contributed by atoms with Crippen LogP contribution in [0, 0.1) is 0 Å². The Bertz CT molecular complexity index is 695. The first kappa shape index (κ1) is 42.3. The van der Waals surface area contributed by atoms with Crippen LogP contribution in [0.3, 0.4) is 0 Å². The third kappa shape index (κ3) is 24.1. The zero-order valence-electron chi connectivity index (χ0n) is 18.9. The zero-order chi connectivity index (χ0) is 25.5. The molecule has 35 heavy (non-hydrogen) atoms. The Labute approximate surface area is 209 Å². The number of hydrogen-bond acceptors (Lipinski definition) is 11. The van der Waals surface area contributed by atoms with Crippen LogP contribution in [0.4, 0.5) is 0 Å². The maximum Gasteiger partial charge on any atom is 0.412 e. The molecule has 204 valence electrons. The summed E-state index contributed by atoms with van der Waals surface area (Å²) in [6.07, 6.45) is 0. The molecule has 0 saturated heterocycles. The third-order valence-electron chi connectivity index (χ3n) is 2.74. The van der Waals surface area contributed by atoms with Crippen LogP contribution in [0.5, 0.6) is 0 Å². The molecule has 0 aliphatic rings. The summed E-state index contributed by atoms with van der Waals surface area (Å²) >= 11 is 0. The van der Waals surface area contributed by atoms with Crippen molar-refractivity contribution in [1.29, 1.82) is 0 Å². The van der Waals surface area contributed by atoms with Crippen LogP contribution >= 0.6 is 7.94 Å². The second-order valence-corrected chi connectivity index (χ2v) is 8.39. The van der Waals surface area contributed by atoms with Gasteiger partial charge in [0.25, 0.3) is 0 Å². The van der Waals surface area contributed by atoms with E-state index in [4.69, 9.17) is 9.05 Å². The van der Waals surface area contributed by atoms with Gasteiger partial charge in [-0.15, -0.1) is 9.05 Å². The number of carbonyl (C=O) groups is 4. The van der Waals surface area contributed by atoms with E-state index in [0.29, 0.717) is 0 Å². The first-order valence-electron chi connectivity index (χ1n) is 8.79. The van der Waals surface area contributed by atoms with Gasteiger partial charge in [0, 0.05) is 22.3 Å². The maximum atomic E-state index is 11.0. The number of carbonyl (C=O) groups excluding carboxylic acids is 4. The molecule has 0 spiro atoms. The highest BCUT2D eigenvalue weighted by Crippen LogP contribution is 2.52. The van der Waals surface area contributed by atoms with E-state index < -0.39 is 52.2 Å². The molecule has 0 atom stereocenters. The molecule has 0 fully saturated rings. The van der Waals surface area contributed by atoms with Gasteiger partial charge in [0.2, 0.25) is 20.4 Å². The lowest BCUT2D eigenvalue weighted by molar-refractivity contribution is -0.161. The van der Waals surface area contributed by atoms with E-state index in [1.807, 2.05) is 0 Å². The van der Waals surface area contributed by atoms with Crippen molar-refractivity contribution in [1.82, 2.24) is 0 Å². The minimum absolute atomic E-state index is 0. The van der Waals surface area contributed by atoms with E-state index in [-0.39, 0.29) is 44.6 Å². The molecule has 0 radical (unpaired) electrons. The minimum Gasteiger partial charge on any atom is -0.431 e. The Kier molecular flexibility index (Phi) is 26.2. The van der Waals surface area contributed by atoms with E-state index in [2.05, 4.69) is 45.3 Å². The summed E-state index contributed by atoms with van der Waals surface area (Å²) in [7, 11) is -3.23. The average Bonchev–Trinajstić information content (AvgIpc) is 2.67. The van der Waals surface area contributed by atoms with Crippen molar-refractivity contribution >= 4 is 31.8 Å². The van der Waals surface area contributed by atoms with Crippen molar-refractivity contribution in [2.75, 3.05) is 27.0 Å². The summed E-state index contributed by atoms with van der Waals surface area (Å²) in [6, 6.07) is 0. The molecular weight excluding hydrogens is 483 g/mol. The molecule has 0 aromatic carbocycles. The topological polar surface area (TPSA) is 144 Å². The monoisotopic (exact) mass is 525 g/mol. The van der Waals surface area contributed by atoms with Gasteiger partial charge < -0.3 is 18.9 Å². The van der Waals surface area contributed by atoms with Gasteiger partial charge in [0.05, 0.1) is 0 Å². The molecule has 0 aromatic heterocycles. The standard InChI is InChI=1S/C11H18O7P.C9H12O4.3CH4/c1-8(2)10(12)15-6-17-19(5,14)18-7-16-11(13)9(3)4;1-6(2)8(10)12-5-13-9(11)7(3)4;;;/h14H,1,3,6-7H2,2,4-5H3;1,3,5H2,2,4H3;3*1H4/q+1;;;;. The van der Waals surface area contributed by atoms with Crippen LogP contribution in [0.25, 0.3) is 0 Å². The summed E-state index contributed by atoms with van der Waals surface area (Å²) in [5, 5.41) is 0. The molecular formula is C23H42O11P+. The van der Waals surface area contributed by atoms with Crippen LogP contribution in [0.1, 0.15) is 50.0 Å². The summed E-state index contributed by atoms with van der Waals surface area (Å²) in [5.41, 5.74) is 0.925. The molecule has 11 nitrogen and oxygen atoms in total. The fourth-order valence-corrected chi connectivity index (χ4v) is 1.59. The first-order chi connectivity index (χ1) is 14.6. The van der Waals surface area contributed by atoms with Gasteiger partial charge in [0.15, 0.2) is 0 Å². The first-order valence-corrected chi connectivity index (χ1v) is 10.8. The fraction of sp³-hybridized carbons (Fsp3) is 0.478. The number of rotatable bonds is 12. The molecule has 0 aromatic rings. The molecule has 0 rings (SSSR count). The second kappa shape index (κ2) is 21.7. The highest BCUT2D eigenvalue weighted by molar-refractivity contribution is 7.59. The maximum absolute atomic E-state index is 11.0. The van der Waals surface area contributed by atoms with Crippen LogP contribution in [-0.4, -0.2) is 55.8 Å². The molecule has 0 bridgehead atoms. The van der Waals surface area contributed by atoms with Crippen molar-refractivity contribution in [3.8, 4) is 0 Å². The van der Waals surface area contributed by atoms with E-state index in [1.165, 1.54) is 34.4 Å². The predicted molar refractivity (Wildman–Crippen MR) is 136 cm³/mol. The SMILES string of the molecule is C.C.C.C=C(C)C(=O)OCOC(=O)C(=C)C.C=C(C)C(=O)OCO[P+](C)(O)OCOC(=O)C(=C)C. The molecule has 0 amide bonds. The van der Waals surface area contributed by atoms with E-state index in [1.54, 1.807) is 0 Å². The van der Waals surface area contributed by atoms with Gasteiger partial charge >= 0.3 is 31.8 Å². The van der Waals surface area contributed by atoms with Crippen molar-refractivity contribution in [3.63, 3.8) is 0 Å². The van der Waals surface area contributed by atoms with Crippen LogP contribution in [-0.2, 0) is 47.2 Å². The number of hydrogen-bond donors (Lipinski definition) is 1. The molecule has 0 unspecified atom stereocenters. The lowest BCUT2D eigenvalue weighted by Crippen LogP contribution is -2.13. The number of ether oxygens (including phenoxy) is 4. The molecule has 0 heterocycles. The average molecular weight is 526 g/mol. The Morgan fingerprint density at radius 2 is 0.771 bits per heavy atom. The lowest BCUT2D eigenvalue weighted by atomic mass is 10.4. The van der Waals surface area contributed by atoms with Crippen molar-refractivity contribution in [3.05, 3.63) is 48.6 Å². The predicted octanol–water partition coefficient (Wildman–Crippen LogP) is 4.65. The molecule has 0 saturated carbocycles. The summed E-state index contributed by atoms with van der Waals surface area (Å²) in [6.45, 7) is 19.3. The Hall–Kier alpha value is -2.85. The van der Waals surface area contributed by atoms with Gasteiger partial charge in [-0.3, -0.25) is 0 Å². The van der Waals surface area contributed by atoms with Crippen LogP contribution in [0.15, 0.2) is 48.6 Å². The van der Waals surface area contributed by atoms with Gasteiger partial charge in [-0.2, -0.15) is 4.89 Å². The quantitative estimate of drug-likeness (QED) is 0.125. The van der Waals surface area contributed by atoms with E-state index in [9.17, 15) is 24.1 Å². The molecule has 12 heteroatoms. The largest absolute Gasteiger partial charge is 0.431 e. The van der Waals surface area contributed by atoms with Gasteiger partial charge in [-0.1, -0.05) is 48.6 Å². The van der Waals surface area contributed by atoms with Crippen molar-refractivity contribution < 1.29 is 52.1 Å². The Morgan fingerprint density at radius 3 is 0.971 bits per heavy atom. The molecule has 0 aliphatic heterocycles. The second-order valence-electron chi connectivity index (χ2n) is 6.26. The van der Waals surface area contributed by atoms with Crippen LogP contribution in [0.2, 0.25) is 0 Å². The Balaban J connectivity index is -0.000000167. The number of esters is 4. The Morgan fingerprint density at radius 1 is 0.571 bits per heavy atom. The molecule has 0 aliphatic carbocycles. The van der Waals surface area contributed by atoms with Crippen molar-refractivity contribution in [2.24, 2.45) is 0 Å². The zero-order valence-corrected chi connectivity index (χ0v) is 19.8. The summed E-state index contributed by atoms with van der Waals surface area (Å²) in [4.78, 5) is 53.2. The highest BCUT2D eigenvalue weighted by Gasteiger charge is 2.35.